The van der Waals surface area contributed by atoms with Crippen LogP contribution in [0, 0.1) is 0 Å². The lowest BCUT2D eigenvalue weighted by Crippen LogP contribution is -2.13. The van der Waals surface area contributed by atoms with Crippen LogP contribution in [0.2, 0.25) is 0 Å². The highest BCUT2D eigenvalue weighted by Crippen LogP contribution is 2.36. The van der Waals surface area contributed by atoms with Crippen LogP contribution in [0.1, 0.15) is 42.7 Å². The second-order valence-corrected chi connectivity index (χ2v) is 8.15. The zero-order chi connectivity index (χ0) is 16.3. The van der Waals surface area contributed by atoms with Crippen molar-refractivity contribution in [3.05, 3.63) is 59.7 Å². The van der Waals surface area contributed by atoms with Crippen molar-refractivity contribution in [3.63, 3.8) is 0 Å². The van der Waals surface area contributed by atoms with Crippen LogP contribution in [0.3, 0.4) is 0 Å². The molecule has 2 aromatic rings. The fourth-order valence-corrected chi connectivity index (χ4v) is 4.79. The topological polar surface area (TPSA) is 60.2 Å². The molecule has 3 rings (SSSR count). The predicted molar refractivity (Wildman–Crippen MR) is 92.3 cm³/mol. The lowest BCUT2D eigenvalue weighted by Gasteiger charge is -2.26. The van der Waals surface area contributed by atoms with E-state index in [1.807, 2.05) is 18.2 Å². The summed E-state index contributed by atoms with van der Waals surface area (Å²) in [6, 6.07) is 14.3. The van der Waals surface area contributed by atoms with Crippen molar-refractivity contribution < 1.29 is 8.42 Å². The van der Waals surface area contributed by atoms with Crippen LogP contribution in [0.25, 0.3) is 0 Å². The molecule has 0 unspecified atom stereocenters. The summed E-state index contributed by atoms with van der Waals surface area (Å²) in [4.78, 5) is 0.761. The van der Waals surface area contributed by atoms with Gasteiger partial charge in [0.2, 0.25) is 9.84 Å². The Morgan fingerprint density at radius 3 is 2.57 bits per heavy atom. The van der Waals surface area contributed by atoms with Crippen molar-refractivity contribution in [1.29, 1.82) is 0 Å². The van der Waals surface area contributed by atoms with Gasteiger partial charge >= 0.3 is 0 Å². The van der Waals surface area contributed by atoms with Crippen molar-refractivity contribution >= 4 is 9.84 Å². The summed E-state index contributed by atoms with van der Waals surface area (Å²) in [7, 11) is -3.43. The number of nitrogens with two attached hydrogens (primary N) is 1. The number of hydrogen-bond acceptors (Lipinski definition) is 3. The van der Waals surface area contributed by atoms with Crippen molar-refractivity contribution in [2.24, 2.45) is 5.73 Å². The van der Waals surface area contributed by atoms with Crippen LogP contribution in [0.15, 0.2) is 58.3 Å². The van der Waals surface area contributed by atoms with Gasteiger partial charge in [0.1, 0.15) is 0 Å². The van der Waals surface area contributed by atoms with Gasteiger partial charge in [0.25, 0.3) is 0 Å². The van der Waals surface area contributed by atoms with Crippen molar-refractivity contribution in [3.8, 4) is 0 Å². The molecule has 0 amide bonds. The van der Waals surface area contributed by atoms with E-state index in [1.165, 1.54) is 17.5 Å². The lowest BCUT2D eigenvalue weighted by molar-refractivity contribution is 0.506. The number of hydrogen-bond donors (Lipinski definition) is 1. The van der Waals surface area contributed by atoms with Gasteiger partial charge in [0.05, 0.1) is 9.79 Å². The molecule has 0 fully saturated rings. The summed E-state index contributed by atoms with van der Waals surface area (Å²) < 4.78 is 25.5. The van der Waals surface area contributed by atoms with E-state index in [2.05, 4.69) is 0 Å². The van der Waals surface area contributed by atoms with E-state index < -0.39 is 9.84 Å². The lowest BCUT2D eigenvalue weighted by atomic mass is 9.80. The summed E-state index contributed by atoms with van der Waals surface area (Å²) in [6.07, 6.45) is 5.38. The first kappa shape index (κ1) is 16.2. The molecule has 2 aromatic carbocycles. The van der Waals surface area contributed by atoms with E-state index in [0.717, 1.165) is 25.7 Å². The van der Waals surface area contributed by atoms with Gasteiger partial charge in [-0.2, -0.15) is 0 Å². The maximum Gasteiger partial charge on any atom is 0.206 e. The quantitative estimate of drug-likeness (QED) is 0.910. The van der Waals surface area contributed by atoms with E-state index in [0.29, 0.717) is 22.3 Å². The molecule has 1 aliphatic rings. The average Bonchev–Trinajstić information content (AvgIpc) is 2.60. The van der Waals surface area contributed by atoms with Crippen molar-refractivity contribution in [2.45, 2.75) is 47.8 Å². The van der Waals surface area contributed by atoms with Gasteiger partial charge in [0.15, 0.2) is 0 Å². The highest BCUT2D eigenvalue weighted by atomic mass is 32.2. The Bertz CT molecular complexity index is 769. The Labute approximate surface area is 138 Å². The molecule has 0 spiro atoms. The number of benzene rings is 2. The van der Waals surface area contributed by atoms with E-state index in [1.54, 1.807) is 30.3 Å². The van der Waals surface area contributed by atoms with Gasteiger partial charge in [-0.05, 0) is 80.0 Å². The average molecular weight is 329 g/mol. The van der Waals surface area contributed by atoms with Gasteiger partial charge in [-0.1, -0.05) is 24.3 Å². The minimum absolute atomic E-state index is 0.357. The molecule has 4 heteroatoms. The Morgan fingerprint density at radius 1 is 1.04 bits per heavy atom. The molecule has 23 heavy (non-hydrogen) atoms. The van der Waals surface area contributed by atoms with E-state index in [-0.39, 0.29) is 0 Å². The molecule has 3 nitrogen and oxygen atoms in total. The third-order valence-electron chi connectivity index (χ3n) is 4.67. The maximum atomic E-state index is 12.8. The molecule has 1 atom stereocenters. The number of rotatable bonds is 5. The van der Waals surface area contributed by atoms with Crippen LogP contribution in [-0.2, 0) is 16.3 Å². The first-order valence-electron chi connectivity index (χ1n) is 8.26. The largest absolute Gasteiger partial charge is 0.330 e. The molecular formula is C19H23NO2S. The summed E-state index contributed by atoms with van der Waals surface area (Å²) >= 11 is 0. The first-order valence-corrected chi connectivity index (χ1v) is 9.74. The van der Waals surface area contributed by atoms with Crippen molar-refractivity contribution in [2.75, 3.05) is 6.54 Å². The standard InChI is InChI=1S/C19H23NO2S/c20-13-5-8-15-6-4-7-16-14-18(11-12-19(15)16)23(21,22)17-9-2-1-3-10-17/h1-3,9-12,14-15H,4-8,13,20H2/t15-/m0/s1. The highest BCUT2D eigenvalue weighted by Gasteiger charge is 2.23. The molecule has 0 aromatic heterocycles. The third kappa shape index (κ3) is 3.33. The van der Waals surface area contributed by atoms with Crippen LogP contribution in [-0.4, -0.2) is 15.0 Å². The van der Waals surface area contributed by atoms with Gasteiger partial charge in [0, 0.05) is 0 Å². The number of fused-ring (bicyclic) bond motifs is 1. The van der Waals surface area contributed by atoms with Crippen LogP contribution >= 0.6 is 0 Å². The predicted octanol–water partition coefficient (Wildman–Crippen LogP) is 3.68. The van der Waals surface area contributed by atoms with Crippen LogP contribution in [0.5, 0.6) is 0 Å². The van der Waals surface area contributed by atoms with E-state index in [4.69, 9.17) is 5.73 Å². The summed E-state index contributed by atoms with van der Waals surface area (Å²) in [5.74, 6) is 0.524. The summed E-state index contributed by atoms with van der Waals surface area (Å²) in [6.45, 7) is 0.715. The fourth-order valence-electron chi connectivity index (χ4n) is 3.46. The Hall–Kier alpha value is -1.65. The van der Waals surface area contributed by atoms with Crippen LogP contribution < -0.4 is 5.73 Å². The van der Waals surface area contributed by atoms with Crippen LogP contribution in [0.4, 0.5) is 0 Å². The molecule has 0 saturated carbocycles. The molecule has 0 aliphatic heterocycles. The Kier molecular flexibility index (Phi) is 4.83. The molecule has 0 bridgehead atoms. The number of sulfone groups is 1. The monoisotopic (exact) mass is 329 g/mol. The minimum Gasteiger partial charge on any atom is -0.330 e. The SMILES string of the molecule is NCCC[C@@H]1CCCc2cc(S(=O)(=O)c3ccccc3)ccc21. The molecule has 0 heterocycles. The molecule has 0 radical (unpaired) electrons. The Balaban J connectivity index is 1.95. The molecular weight excluding hydrogens is 306 g/mol. The van der Waals surface area contributed by atoms with E-state index >= 15 is 0 Å². The second kappa shape index (κ2) is 6.85. The summed E-state index contributed by atoms with van der Waals surface area (Å²) in [5, 5.41) is 0. The first-order chi connectivity index (χ1) is 11.1. The zero-order valence-corrected chi connectivity index (χ0v) is 14.1. The maximum absolute atomic E-state index is 12.8. The smallest absolute Gasteiger partial charge is 0.206 e. The summed E-state index contributed by atoms with van der Waals surface area (Å²) in [5.41, 5.74) is 8.14. The highest BCUT2D eigenvalue weighted by molar-refractivity contribution is 7.91. The van der Waals surface area contributed by atoms with Gasteiger partial charge in [-0.3, -0.25) is 0 Å². The van der Waals surface area contributed by atoms with Gasteiger partial charge in [-0.25, -0.2) is 8.42 Å². The van der Waals surface area contributed by atoms with Gasteiger partial charge in [-0.15, -0.1) is 0 Å². The molecule has 0 saturated heterocycles. The van der Waals surface area contributed by atoms with Crippen molar-refractivity contribution in [1.82, 2.24) is 0 Å². The third-order valence-corrected chi connectivity index (χ3v) is 6.44. The zero-order valence-electron chi connectivity index (χ0n) is 13.2. The molecule has 1 aliphatic carbocycles. The fraction of sp³-hybridized carbons (Fsp3) is 0.368. The Morgan fingerprint density at radius 2 is 1.83 bits per heavy atom. The number of aryl methyl sites for hydroxylation is 1. The second-order valence-electron chi connectivity index (χ2n) is 6.20. The van der Waals surface area contributed by atoms with Gasteiger partial charge < -0.3 is 5.73 Å². The minimum atomic E-state index is -3.43. The van der Waals surface area contributed by atoms with E-state index in [9.17, 15) is 8.42 Å². The normalized spacial score (nSPS) is 17.7. The molecule has 122 valence electrons. The molecule has 2 N–H and O–H groups in total.